The van der Waals surface area contributed by atoms with Crippen LogP contribution in [0.1, 0.15) is 11.1 Å². The van der Waals surface area contributed by atoms with Gasteiger partial charge in [0.05, 0.1) is 39.0 Å². The van der Waals surface area contributed by atoms with Gasteiger partial charge in [0.2, 0.25) is 6.79 Å². The van der Waals surface area contributed by atoms with Gasteiger partial charge in [0, 0.05) is 12.0 Å². The number of carbonyl (C=O) groups is 1. The summed E-state index contributed by atoms with van der Waals surface area (Å²) in [6.45, 7) is 0.413. The second-order valence-electron chi connectivity index (χ2n) is 8.26. The molecule has 0 atom stereocenters. The fourth-order valence-electron chi connectivity index (χ4n) is 4.57. The highest BCUT2D eigenvalue weighted by atomic mass is 16.7. The van der Waals surface area contributed by atoms with Crippen molar-refractivity contribution in [2.24, 2.45) is 0 Å². The summed E-state index contributed by atoms with van der Waals surface area (Å²) in [5.74, 6) is 2.85. The summed E-state index contributed by atoms with van der Waals surface area (Å²) >= 11 is 0. The van der Waals surface area contributed by atoms with Gasteiger partial charge in [-0.25, -0.2) is 0 Å². The fraction of sp³-hybridized carbons (Fsp3) is 0.214. The lowest BCUT2D eigenvalue weighted by Crippen LogP contribution is -2.25. The summed E-state index contributed by atoms with van der Waals surface area (Å²) in [4.78, 5) is 25.9. The Morgan fingerprint density at radius 3 is 2.22 bits per heavy atom. The predicted octanol–water partition coefficient (Wildman–Crippen LogP) is 4.21. The molecule has 0 amide bonds. The van der Waals surface area contributed by atoms with Crippen LogP contribution in [0.15, 0.2) is 59.4 Å². The number of nitrogens with zero attached hydrogens (tertiary/aromatic N) is 1. The topological polar surface area (TPSA) is 85.2 Å². The molecule has 0 radical (unpaired) electrons. The highest BCUT2D eigenvalue weighted by Crippen LogP contribution is 2.40. The first-order valence-electron chi connectivity index (χ1n) is 11.4. The first kappa shape index (κ1) is 23.3. The van der Waals surface area contributed by atoms with E-state index < -0.39 is 0 Å². The van der Waals surface area contributed by atoms with Crippen LogP contribution in [0, 0.1) is 0 Å². The van der Waals surface area contributed by atoms with Crippen molar-refractivity contribution in [1.29, 1.82) is 0 Å². The zero-order valence-corrected chi connectivity index (χ0v) is 20.2. The largest absolute Gasteiger partial charge is 0.497 e. The lowest BCUT2D eigenvalue weighted by molar-refractivity contribution is -0.107. The SMILES string of the molecule is COc1ccc(Cn2c(-c3ccc4c(c3)OCO4)c(CC=O)c3cc(OC)c(OC)cc3c2=O)cc1. The summed E-state index contributed by atoms with van der Waals surface area (Å²) < 4.78 is 29.0. The van der Waals surface area contributed by atoms with Crippen LogP contribution in [-0.4, -0.2) is 39.0 Å². The molecule has 0 saturated heterocycles. The zero-order valence-electron chi connectivity index (χ0n) is 20.2. The number of carbonyl (C=O) groups excluding carboxylic acids is 1. The smallest absolute Gasteiger partial charge is 0.259 e. The van der Waals surface area contributed by atoms with Crippen molar-refractivity contribution in [3.63, 3.8) is 0 Å². The molecule has 0 unspecified atom stereocenters. The minimum atomic E-state index is -0.218. The summed E-state index contributed by atoms with van der Waals surface area (Å²) in [5, 5.41) is 1.06. The molecule has 0 N–H and O–H groups in total. The average Bonchev–Trinajstić information content (AvgIpc) is 3.39. The third-order valence-corrected chi connectivity index (χ3v) is 6.31. The van der Waals surface area contributed by atoms with Crippen LogP contribution in [0.25, 0.3) is 22.0 Å². The summed E-state index contributed by atoms with van der Waals surface area (Å²) in [6, 6.07) is 16.4. The number of aromatic nitrogens is 1. The van der Waals surface area contributed by atoms with E-state index in [4.69, 9.17) is 23.7 Å². The minimum absolute atomic E-state index is 0.0959. The Morgan fingerprint density at radius 1 is 0.861 bits per heavy atom. The van der Waals surface area contributed by atoms with Crippen LogP contribution in [0.5, 0.6) is 28.7 Å². The first-order valence-corrected chi connectivity index (χ1v) is 11.4. The third kappa shape index (κ3) is 4.00. The number of ether oxygens (including phenoxy) is 5. The molecule has 3 aromatic carbocycles. The van der Waals surface area contributed by atoms with Crippen molar-refractivity contribution in [2.45, 2.75) is 13.0 Å². The lowest BCUT2D eigenvalue weighted by atomic mass is 9.96. The van der Waals surface area contributed by atoms with E-state index in [1.165, 1.54) is 14.2 Å². The van der Waals surface area contributed by atoms with Crippen molar-refractivity contribution < 1.29 is 28.5 Å². The fourth-order valence-corrected chi connectivity index (χ4v) is 4.57. The molecule has 1 aliphatic heterocycles. The van der Waals surface area contributed by atoms with E-state index in [0.717, 1.165) is 23.2 Å². The van der Waals surface area contributed by atoms with Gasteiger partial charge in [-0.2, -0.15) is 0 Å². The van der Waals surface area contributed by atoms with Crippen LogP contribution in [0.4, 0.5) is 0 Å². The summed E-state index contributed by atoms with van der Waals surface area (Å²) in [7, 11) is 4.66. The molecule has 8 heteroatoms. The molecule has 1 aromatic heterocycles. The number of methoxy groups -OCH3 is 3. The highest BCUT2D eigenvalue weighted by molar-refractivity contribution is 5.94. The molecule has 0 bridgehead atoms. The lowest BCUT2D eigenvalue weighted by Gasteiger charge is -2.21. The van der Waals surface area contributed by atoms with Crippen molar-refractivity contribution in [1.82, 2.24) is 4.57 Å². The van der Waals surface area contributed by atoms with E-state index in [0.29, 0.717) is 45.0 Å². The highest BCUT2D eigenvalue weighted by Gasteiger charge is 2.23. The molecule has 0 fully saturated rings. The number of aldehydes is 1. The molecule has 5 rings (SSSR count). The number of fused-ring (bicyclic) bond motifs is 2. The Bertz CT molecular complexity index is 1510. The van der Waals surface area contributed by atoms with Gasteiger partial charge in [0.15, 0.2) is 23.0 Å². The van der Waals surface area contributed by atoms with E-state index in [1.807, 2.05) is 42.5 Å². The zero-order chi connectivity index (χ0) is 25.2. The van der Waals surface area contributed by atoms with Gasteiger partial charge in [0.1, 0.15) is 12.0 Å². The third-order valence-electron chi connectivity index (χ3n) is 6.31. The number of hydrogen-bond acceptors (Lipinski definition) is 7. The summed E-state index contributed by atoms with van der Waals surface area (Å²) in [6.07, 6.45) is 0.933. The standard InChI is InChI=1S/C28H25NO7/c1-32-19-7-4-17(5-8-19)15-29-27(18-6-9-23-26(12-18)36-16-35-23)20(10-11-30)21-13-24(33-2)25(34-3)14-22(21)28(29)31/h4-9,11-14H,10,15-16H2,1-3H3. The molecule has 2 heterocycles. The van der Waals surface area contributed by atoms with Gasteiger partial charge in [-0.15, -0.1) is 0 Å². The minimum Gasteiger partial charge on any atom is -0.497 e. The van der Waals surface area contributed by atoms with Crippen molar-refractivity contribution in [3.8, 4) is 40.0 Å². The van der Waals surface area contributed by atoms with Gasteiger partial charge in [-0.05, 0) is 59.0 Å². The molecule has 4 aromatic rings. The van der Waals surface area contributed by atoms with Crippen molar-refractivity contribution in [3.05, 3.63) is 76.1 Å². The van der Waals surface area contributed by atoms with Crippen molar-refractivity contribution in [2.75, 3.05) is 28.1 Å². The normalized spacial score (nSPS) is 12.0. The van der Waals surface area contributed by atoms with Crippen molar-refractivity contribution >= 4 is 17.1 Å². The molecule has 184 valence electrons. The van der Waals surface area contributed by atoms with Gasteiger partial charge in [0.25, 0.3) is 5.56 Å². The number of rotatable bonds is 8. The van der Waals surface area contributed by atoms with Crippen LogP contribution in [-0.2, 0) is 17.8 Å². The van der Waals surface area contributed by atoms with Crippen LogP contribution < -0.4 is 29.2 Å². The van der Waals surface area contributed by atoms with Gasteiger partial charge in [-0.1, -0.05) is 12.1 Å². The second kappa shape index (κ2) is 9.65. The van der Waals surface area contributed by atoms with Crippen LogP contribution >= 0.6 is 0 Å². The summed E-state index contributed by atoms with van der Waals surface area (Å²) in [5.41, 5.74) is 2.74. The second-order valence-corrected chi connectivity index (χ2v) is 8.26. The Labute approximate surface area is 207 Å². The molecule has 0 spiro atoms. The Balaban J connectivity index is 1.83. The van der Waals surface area contributed by atoms with E-state index in [-0.39, 0.29) is 25.3 Å². The van der Waals surface area contributed by atoms with E-state index in [9.17, 15) is 9.59 Å². The number of hydrogen-bond donors (Lipinski definition) is 0. The van der Waals surface area contributed by atoms with Gasteiger partial charge < -0.3 is 33.0 Å². The number of benzene rings is 3. The Hall–Kier alpha value is -4.46. The molecule has 0 aliphatic carbocycles. The molecular formula is C28H25NO7. The van der Waals surface area contributed by atoms with Crippen LogP contribution in [0.3, 0.4) is 0 Å². The van der Waals surface area contributed by atoms with E-state index >= 15 is 0 Å². The molecule has 1 aliphatic rings. The maximum absolute atomic E-state index is 14.0. The van der Waals surface area contributed by atoms with E-state index in [2.05, 4.69) is 0 Å². The number of pyridine rings is 1. The average molecular weight is 488 g/mol. The monoisotopic (exact) mass is 487 g/mol. The van der Waals surface area contributed by atoms with Gasteiger partial charge in [-0.3, -0.25) is 4.79 Å². The quantitative estimate of drug-likeness (QED) is 0.344. The van der Waals surface area contributed by atoms with E-state index in [1.54, 1.807) is 23.8 Å². The Morgan fingerprint density at radius 2 is 1.56 bits per heavy atom. The predicted molar refractivity (Wildman–Crippen MR) is 135 cm³/mol. The van der Waals surface area contributed by atoms with Crippen LogP contribution in [0.2, 0.25) is 0 Å². The Kier molecular flexibility index (Phi) is 6.25. The first-order chi connectivity index (χ1) is 17.6. The molecule has 8 nitrogen and oxygen atoms in total. The maximum Gasteiger partial charge on any atom is 0.259 e. The molecule has 36 heavy (non-hydrogen) atoms. The van der Waals surface area contributed by atoms with Gasteiger partial charge >= 0.3 is 0 Å². The maximum atomic E-state index is 14.0. The molecule has 0 saturated carbocycles. The molecular weight excluding hydrogens is 462 g/mol.